The monoisotopic (exact) mass is 218 g/mol. The molecule has 3 rings (SSSR count). The van der Waals surface area contributed by atoms with Gasteiger partial charge >= 0.3 is 0 Å². The lowest BCUT2D eigenvalue weighted by Gasteiger charge is -2.26. The molecule has 0 spiro atoms. The van der Waals surface area contributed by atoms with Crippen molar-refractivity contribution in [1.82, 2.24) is 0 Å². The van der Waals surface area contributed by atoms with Gasteiger partial charge in [-0.1, -0.05) is 24.3 Å². The summed E-state index contributed by atoms with van der Waals surface area (Å²) < 4.78 is 5.40. The maximum Gasteiger partial charge on any atom is 0.0901 e. The number of benzene rings is 1. The lowest BCUT2D eigenvalue weighted by molar-refractivity contribution is 0.0836. The molecule has 0 radical (unpaired) electrons. The van der Waals surface area contributed by atoms with Crippen molar-refractivity contribution in [3.8, 4) is 0 Å². The molecular formula is C14H18O2. The van der Waals surface area contributed by atoms with E-state index in [2.05, 4.69) is 18.2 Å². The van der Waals surface area contributed by atoms with Gasteiger partial charge in [0.1, 0.15) is 0 Å². The molecule has 1 aromatic carbocycles. The average molecular weight is 218 g/mol. The van der Waals surface area contributed by atoms with Crippen molar-refractivity contribution in [1.29, 1.82) is 0 Å². The zero-order valence-electron chi connectivity index (χ0n) is 9.48. The van der Waals surface area contributed by atoms with Crippen molar-refractivity contribution >= 4 is 0 Å². The van der Waals surface area contributed by atoms with Gasteiger partial charge < -0.3 is 9.84 Å². The van der Waals surface area contributed by atoms with Crippen LogP contribution < -0.4 is 0 Å². The highest BCUT2D eigenvalue weighted by atomic mass is 16.5. The minimum atomic E-state index is -0.505. The summed E-state index contributed by atoms with van der Waals surface area (Å²) in [5, 5.41) is 10.3. The smallest absolute Gasteiger partial charge is 0.0901 e. The van der Waals surface area contributed by atoms with E-state index in [4.69, 9.17) is 4.74 Å². The number of hydrogen-bond donors (Lipinski definition) is 1. The lowest BCUT2D eigenvalue weighted by atomic mass is 9.86. The molecule has 16 heavy (non-hydrogen) atoms. The third-order valence-corrected chi connectivity index (χ3v) is 3.85. The summed E-state index contributed by atoms with van der Waals surface area (Å²) in [7, 11) is 0. The van der Waals surface area contributed by atoms with Crippen LogP contribution in [0.5, 0.6) is 0 Å². The Labute approximate surface area is 96.2 Å². The van der Waals surface area contributed by atoms with E-state index in [0.717, 1.165) is 38.9 Å². The molecule has 0 atom stereocenters. The maximum atomic E-state index is 10.3. The van der Waals surface area contributed by atoms with E-state index in [1.54, 1.807) is 0 Å². The van der Waals surface area contributed by atoms with Crippen LogP contribution in [0.2, 0.25) is 0 Å². The maximum absolute atomic E-state index is 10.3. The van der Waals surface area contributed by atoms with Gasteiger partial charge in [0, 0.05) is 13.2 Å². The van der Waals surface area contributed by atoms with E-state index >= 15 is 0 Å². The zero-order chi connectivity index (χ0) is 11.0. The van der Waals surface area contributed by atoms with E-state index < -0.39 is 5.60 Å². The molecule has 1 saturated heterocycles. The molecule has 2 aliphatic rings. The van der Waals surface area contributed by atoms with Crippen molar-refractivity contribution in [3.05, 3.63) is 35.4 Å². The standard InChI is InChI=1S/C14H18O2/c15-14(7-8-14)13-4-2-1-3-12(13)11-5-9-16-10-6-11/h1-4,11,15H,5-10H2. The minimum absolute atomic E-state index is 0.505. The summed E-state index contributed by atoms with van der Waals surface area (Å²) in [6, 6.07) is 8.40. The van der Waals surface area contributed by atoms with E-state index in [1.165, 1.54) is 11.1 Å². The summed E-state index contributed by atoms with van der Waals surface area (Å²) in [6.07, 6.45) is 4.03. The van der Waals surface area contributed by atoms with Gasteiger partial charge in [0.25, 0.3) is 0 Å². The van der Waals surface area contributed by atoms with Crippen LogP contribution in [0.1, 0.15) is 42.7 Å². The predicted octanol–water partition coefficient (Wildman–Crippen LogP) is 2.56. The summed E-state index contributed by atoms with van der Waals surface area (Å²) in [5.74, 6) is 0.578. The van der Waals surface area contributed by atoms with E-state index in [0.29, 0.717) is 5.92 Å². The minimum Gasteiger partial charge on any atom is -0.385 e. The molecule has 2 heteroatoms. The number of rotatable bonds is 2. The molecule has 86 valence electrons. The number of hydrogen-bond acceptors (Lipinski definition) is 2. The molecule has 1 aromatic rings. The lowest BCUT2D eigenvalue weighted by Crippen LogP contribution is -2.18. The van der Waals surface area contributed by atoms with Gasteiger partial charge in [0.05, 0.1) is 5.60 Å². The highest BCUT2D eigenvalue weighted by Crippen LogP contribution is 2.48. The Bertz CT molecular complexity index is 376. The van der Waals surface area contributed by atoms with Crippen LogP contribution in [0.3, 0.4) is 0 Å². The number of ether oxygens (including phenoxy) is 1. The normalized spacial score (nSPS) is 24.3. The van der Waals surface area contributed by atoms with E-state index in [-0.39, 0.29) is 0 Å². The Morgan fingerprint density at radius 3 is 2.50 bits per heavy atom. The Morgan fingerprint density at radius 2 is 1.81 bits per heavy atom. The topological polar surface area (TPSA) is 29.5 Å². The van der Waals surface area contributed by atoms with Gasteiger partial charge in [-0.15, -0.1) is 0 Å². The molecule has 0 bridgehead atoms. The fourth-order valence-corrected chi connectivity index (χ4v) is 2.67. The first kappa shape index (κ1) is 10.3. The molecule has 2 nitrogen and oxygen atoms in total. The molecule has 2 fully saturated rings. The van der Waals surface area contributed by atoms with Crippen molar-refractivity contribution in [2.75, 3.05) is 13.2 Å². The van der Waals surface area contributed by atoms with Crippen LogP contribution >= 0.6 is 0 Å². The largest absolute Gasteiger partial charge is 0.385 e. The van der Waals surface area contributed by atoms with Crippen molar-refractivity contribution < 1.29 is 9.84 Å². The van der Waals surface area contributed by atoms with Crippen LogP contribution in [0, 0.1) is 0 Å². The fourth-order valence-electron chi connectivity index (χ4n) is 2.67. The van der Waals surface area contributed by atoms with Crippen molar-refractivity contribution in [2.45, 2.75) is 37.2 Å². The van der Waals surface area contributed by atoms with E-state index in [1.807, 2.05) is 6.07 Å². The van der Waals surface area contributed by atoms with Crippen molar-refractivity contribution in [2.24, 2.45) is 0 Å². The van der Waals surface area contributed by atoms with Crippen LogP contribution in [-0.2, 0) is 10.3 Å². The molecule has 1 aliphatic carbocycles. The molecule has 0 aromatic heterocycles. The Balaban J connectivity index is 1.93. The molecule has 1 heterocycles. The molecular weight excluding hydrogens is 200 g/mol. The summed E-state index contributed by atoms with van der Waals surface area (Å²) in [4.78, 5) is 0. The molecule has 0 amide bonds. The van der Waals surface area contributed by atoms with Gasteiger partial charge in [-0.3, -0.25) is 0 Å². The summed E-state index contributed by atoms with van der Waals surface area (Å²) in [5.41, 5.74) is 2.02. The fraction of sp³-hybridized carbons (Fsp3) is 0.571. The molecule has 1 aliphatic heterocycles. The van der Waals surface area contributed by atoms with Gasteiger partial charge in [0.15, 0.2) is 0 Å². The van der Waals surface area contributed by atoms with E-state index in [9.17, 15) is 5.11 Å². The first-order valence-electron chi connectivity index (χ1n) is 6.19. The van der Waals surface area contributed by atoms with Crippen LogP contribution in [0.15, 0.2) is 24.3 Å². The third-order valence-electron chi connectivity index (χ3n) is 3.85. The highest BCUT2D eigenvalue weighted by molar-refractivity contribution is 5.38. The second kappa shape index (κ2) is 3.86. The first-order chi connectivity index (χ1) is 7.80. The SMILES string of the molecule is OC1(c2ccccc2C2CCOCC2)CC1. The van der Waals surface area contributed by atoms with Crippen LogP contribution in [-0.4, -0.2) is 18.3 Å². The Morgan fingerprint density at radius 1 is 1.12 bits per heavy atom. The average Bonchev–Trinajstić information content (AvgIpc) is 3.10. The molecule has 1 N–H and O–H groups in total. The van der Waals surface area contributed by atoms with Crippen LogP contribution in [0.4, 0.5) is 0 Å². The Kier molecular flexibility index (Phi) is 2.49. The number of aliphatic hydroxyl groups is 1. The Hall–Kier alpha value is -0.860. The third kappa shape index (κ3) is 1.76. The highest BCUT2D eigenvalue weighted by Gasteiger charge is 2.44. The second-order valence-corrected chi connectivity index (χ2v) is 5.01. The zero-order valence-corrected chi connectivity index (χ0v) is 9.48. The predicted molar refractivity (Wildman–Crippen MR) is 62.4 cm³/mol. The quantitative estimate of drug-likeness (QED) is 0.826. The molecule has 1 saturated carbocycles. The summed E-state index contributed by atoms with van der Waals surface area (Å²) >= 11 is 0. The van der Waals surface area contributed by atoms with Gasteiger partial charge in [0.2, 0.25) is 0 Å². The van der Waals surface area contributed by atoms with Gasteiger partial charge in [-0.05, 0) is 42.7 Å². The van der Waals surface area contributed by atoms with Crippen molar-refractivity contribution in [3.63, 3.8) is 0 Å². The second-order valence-electron chi connectivity index (χ2n) is 5.01. The summed E-state index contributed by atoms with van der Waals surface area (Å²) in [6.45, 7) is 1.72. The van der Waals surface area contributed by atoms with Crippen LogP contribution in [0.25, 0.3) is 0 Å². The van der Waals surface area contributed by atoms with Gasteiger partial charge in [-0.25, -0.2) is 0 Å². The molecule has 0 unspecified atom stereocenters. The first-order valence-corrected chi connectivity index (χ1v) is 6.19. The van der Waals surface area contributed by atoms with Gasteiger partial charge in [-0.2, -0.15) is 0 Å².